The zero-order chi connectivity index (χ0) is 22.8. The van der Waals surface area contributed by atoms with Crippen LogP contribution in [0.25, 0.3) is 0 Å². The molecule has 3 N–H and O–H groups in total. The number of fused-ring (bicyclic) bond motifs is 4. The molecule has 3 aliphatic heterocycles. The Hall–Kier alpha value is -2.94. The van der Waals surface area contributed by atoms with Gasteiger partial charge in [-0.2, -0.15) is 0 Å². The van der Waals surface area contributed by atoms with E-state index in [4.69, 9.17) is 16.3 Å². The van der Waals surface area contributed by atoms with E-state index in [1.807, 2.05) is 0 Å². The van der Waals surface area contributed by atoms with Crippen molar-refractivity contribution in [2.24, 2.45) is 11.8 Å². The molecular formula is C23H22ClN3O5. The maximum Gasteiger partial charge on any atom is 0.250 e. The van der Waals surface area contributed by atoms with Gasteiger partial charge in [-0.3, -0.25) is 24.6 Å². The second kappa shape index (κ2) is 7.30. The molecule has 5 rings (SSSR count). The van der Waals surface area contributed by atoms with Crippen LogP contribution in [0.5, 0.6) is 5.75 Å². The molecule has 5 atom stereocenters. The molecule has 32 heavy (non-hydrogen) atoms. The van der Waals surface area contributed by atoms with Gasteiger partial charge in [0.2, 0.25) is 17.7 Å². The number of aliphatic hydroxyl groups excluding tert-OH is 1. The number of anilines is 1. The lowest BCUT2D eigenvalue weighted by Gasteiger charge is -2.30. The number of rotatable bonds is 4. The van der Waals surface area contributed by atoms with Crippen molar-refractivity contribution in [3.63, 3.8) is 0 Å². The molecule has 8 nitrogen and oxygen atoms in total. The molecule has 0 saturated carbocycles. The summed E-state index contributed by atoms with van der Waals surface area (Å²) in [6.45, 7) is 1.62. The molecule has 2 aromatic rings. The van der Waals surface area contributed by atoms with Crippen molar-refractivity contribution < 1.29 is 24.2 Å². The molecule has 2 saturated heterocycles. The van der Waals surface area contributed by atoms with Crippen LogP contribution in [0.1, 0.15) is 18.1 Å². The first kappa shape index (κ1) is 20.9. The summed E-state index contributed by atoms with van der Waals surface area (Å²) in [6, 6.07) is 11.4. The van der Waals surface area contributed by atoms with Gasteiger partial charge in [0.05, 0.1) is 42.3 Å². The van der Waals surface area contributed by atoms with Crippen molar-refractivity contribution in [1.29, 1.82) is 0 Å². The Bertz CT molecular complexity index is 1130. The molecule has 9 heteroatoms. The number of amides is 3. The highest BCUT2D eigenvalue weighted by atomic mass is 35.5. The van der Waals surface area contributed by atoms with Gasteiger partial charge in [-0.05, 0) is 30.7 Å². The van der Waals surface area contributed by atoms with Crippen LogP contribution in [-0.2, 0) is 26.5 Å². The van der Waals surface area contributed by atoms with Crippen molar-refractivity contribution in [1.82, 2.24) is 10.2 Å². The van der Waals surface area contributed by atoms with E-state index in [-0.39, 0.29) is 6.54 Å². The number of nitrogens with one attached hydrogen (secondary N) is 2. The van der Waals surface area contributed by atoms with Crippen LogP contribution < -0.4 is 15.4 Å². The van der Waals surface area contributed by atoms with Crippen molar-refractivity contribution in [2.45, 2.75) is 31.2 Å². The van der Waals surface area contributed by atoms with Crippen LogP contribution in [0.3, 0.4) is 0 Å². The second-order valence-electron chi connectivity index (χ2n) is 8.45. The summed E-state index contributed by atoms with van der Waals surface area (Å²) in [5.41, 5.74) is 0.210. The minimum atomic E-state index is -1.48. The molecule has 0 radical (unpaired) electrons. The van der Waals surface area contributed by atoms with Gasteiger partial charge in [-0.1, -0.05) is 35.9 Å². The van der Waals surface area contributed by atoms with Crippen LogP contribution in [-0.4, -0.2) is 47.0 Å². The molecule has 0 aliphatic carbocycles. The maximum atomic E-state index is 13.6. The minimum absolute atomic E-state index is 0.0707. The fraction of sp³-hybridized carbons (Fsp3) is 0.348. The molecule has 0 unspecified atom stereocenters. The molecule has 2 aromatic carbocycles. The van der Waals surface area contributed by atoms with E-state index in [9.17, 15) is 19.5 Å². The number of imide groups is 1. The predicted octanol–water partition coefficient (Wildman–Crippen LogP) is 1.65. The Morgan fingerprint density at radius 2 is 1.88 bits per heavy atom. The Morgan fingerprint density at radius 1 is 1.16 bits per heavy atom. The van der Waals surface area contributed by atoms with E-state index in [2.05, 4.69) is 10.6 Å². The summed E-state index contributed by atoms with van der Waals surface area (Å²) in [7, 11) is 1.56. The van der Waals surface area contributed by atoms with Crippen molar-refractivity contribution >= 4 is 35.0 Å². The summed E-state index contributed by atoms with van der Waals surface area (Å²) in [6.07, 6.45) is -0.962. The second-order valence-corrected chi connectivity index (χ2v) is 8.86. The number of ether oxygens (including phenoxy) is 1. The number of likely N-dealkylation sites (tertiary alicyclic amines) is 1. The summed E-state index contributed by atoms with van der Waals surface area (Å²) >= 11 is 6.30. The van der Waals surface area contributed by atoms with Crippen LogP contribution in [0.2, 0.25) is 5.02 Å². The summed E-state index contributed by atoms with van der Waals surface area (Å²) < 4.78 is 5.16. The molecule has 1 spiro atoms. The first-order chi connectivity index (χ1) is 15.3. The average molecular weight is 456 g/mol. The first-order valence-corrected chi connectivity index (χ1v) is 10.7. The SMILES string of the molecule is COc1ccc(CN2C(=O)[C@@H]3[C@@H]([C@H](C)O)N[C@]4(C(=O)Nc5c(Cl)cccc54)[C@@H]3C2=O)cc1. The van der Waals surface area contributed by atoms with Gasteiger partial charge >= 0.3 is 0 Å². The lowest BCUT2D eigenvalue weighted by Crippen LogP contribution is -2.54. The Balaban J connectivity index is 1.58. The number of hydrogen-bond acceptors (Lipinski definition) is 6. The summed E-state index contributed by atoms with van der Waals surface area (Å²) in [5.74, 6) is -2.52. The number of para-hydroxylation sites is 1. The number of nitrogens with zero attached hydrogens (tertiary/aromatic N) is 1. The lowest BCUT2D eigenvalue weighted by molar-refractivity contribution is -0.143. The summed E-state index contributed by atoms with van der Waals surface area (Å²) in [4.78, 5) is 41.6. The monoisotopic (exact) mass is 455 g/mol. The topological polar surface area (TPSA) is 108 Å². The van der Waals surface area contributed by atoms with Gasteiger partial charge < -0.3 is 15.2 Å². The van der Waals surface area contributed by atoms with Crippen LogP contribution in [0, 0.1) is 11.8 Å². The zero-order valence-corrected chi connectivity index (χ0v) is 18.2. The van der Waals surface area contributed by atoms with Crippen molar-refractivity contribution in [3.05, 3.63) is 58.6 Å². The maximum absolute atomic E-state index is 13.6. The molecule has 3 heterocycles. The van der Waals surface area contributed by atoms with Gasteiger partial charge in [0, 0.05) is 11.6 Å². The normalized spacial score (nSPS) is 29.3. The Kier molecular flexibility index (Phi) is 4.77. The number of carbonyl (C=O) groups excluding carboxylic acids is 3. The molecule has 2 fully saturated rings. The molecule has 3 amide bonds. The van der Waals surface area contributed by atoms with Gasteiger partial charge in [-0.25, -0.2) is 0 Å². The van der Waals surface area contributed by atoms with Gasteiger partial charge in [0.25, 0.3) is 0 Å². The highest BCUT2D eigenvalue weighted by molar-refractivity contribution is 6.35. The average Bonchev–Trinajstić information content (AvgIpc) is 3.36. The molecular weight excluding hydrogens is 434 g/mol. The molecule has 0 aromatic heterocycles. The number of hydrogen-bond donors (Lipinski definition) is 3. The van der Waals surface area contributed by atoms with Crippen molar-refractivity contribution in [3.8, 4) is 5.75 Å². The number of halogens is 1. The summed E-state index contributed by atoms with van der Waals surface area (Å²) in [5, 5.41) is 16.7. The third-order valence-corrected chi connectivity index (χ3v) is 7.06. The van der Waals surface area contributed by atoms with E-state index in [1.165, 1.54) is 4.90 Å². The van der Waals surface area contributed by atoms with Crippen LogP contribution in [0.15, 0.2) is 42.5 Å². The number of aliphatic hydroxyl groups is 1. The van der Waals surface area contributed by atoms with Gasteiger partial charge in [0.1, 0.15) is 11.3 Å². The van der Waals surface area contributed by atoms with Gasteiger partial charge in [0.15, 0.2) is 0 Å². The van der Waals surface area contributed by atoms with E-state index < -0.39 is 47.2 Å². The van der Waals surface area contributed by atoms with E-state index in [0.717, 1.165) is 5.56 Å². The fourth-order valence-corrected chi connectivity index (χ4v) is 5.49. The third kappa shape index (κ3) is 2.73. The standard InChI is InChI=1S/C23H22ClN3O5/c1-11(28)18-16-17(23(26-18)14-4-3-5-15(24)19(14)25-22(23)31)21(30)27(20(16)29)10-12-6-8-13(32-2)9-7-12/h3-9,11,16-18,26,28H,10H2,1-2H3,(H,25,31)/t11-,16-,17-,18+,23-/m0/s1. The fourth-order valence-electron chi connectivity index (χ4n) is 5.27. The quantitative estimate of drug-likeness (QED) is 0.605. The minimum Gasteiger partial charge on any atom is -0.497 e. The van der Waals surface area contributed by atoms with Gasteiger partial charge in [-0.15, -0.1) is 0 Å². The number of methoxy groups -OCH3 is 1. The van der Waals surface area contributed by atoms with E-state index in [0.29, 0.717) is 22.0 Å². The van der Waals surface area contributed by atoms with E-state index >= 15 is 0 Å². The first-order valence-electron chi connectivity index (χ1n) is 10.3. The smallest absolute Gasteiger partial charge is 0.250 e. The molecule has 166 valence electrons. The highest BCUT2D eigenvalue weighted by Crippen LogP contribution is 2.54. The van der Waals surface area contributed by atoms with E-state index in [1.54, 1.807) is 56.5 Å². The largest absolute Gasteiger partial charge is 0.497 e. The molecule has 3 aliphatic rings. The van der Waals surface area contributed by atoms with Crippen LogP contribution in [0.4, 0.5) is 5.69 Å². The third-order valence-electron chi connectivity index (χ3n) is 6.74. The van der Waals surface area contributed by atoms with Crippen molar-refractivity contribution in [2.75, 3.05) is 12.4 Å². The van der Waals surface area contributed by atoms with Crippen LogP contribution >= 0.6 is 11.6 Å². The lowest BCUT2D eigenvalue weighted by atomic mass is 9.76. The molecule has 0 bridgehead atoms. The number of benzene rings is 2. The Labute approximate surface area is 189 Å². The highest BCUT2D eigenvalue weighted by Gasteiger charge is 2.71. The zero-order valence-electron chi connectivity index (χ0n) is 17.5. The number of carbonyl (C=O) groups is 3. The Morgan fingerprint density at radius 3 is 2.53 bits per heavy atom. The predicted molar refractivity (Wildman–Crippen MR) is 116 cm³/mol.